The highest BCUT2D eigenvalue weighted by Crippen LogP contribution is 2.42. The van der Waals surface area contributed by atoms with Crippen molar-refractivity contribution in [3.8, 4) is 51.0 Å². The second-order valence-corrected chi connectivity index (χ2v) is 12.9. The summed E-state index contributed by atoms with van der Waals surface area (Å²) < 4.78 is 87.0. The zero-order valence-corrected chi connectivity index (χ0v) is 28.3. The Labute approximate surface area is 300 Å². The van der Waals surface area contributed by atoms with Crippen molar-refractivity contribution in [2.45, 2.75) is 26.2 Å². The molecule has 0 aliphatic carbocycles. The van der Waals surface area contributed by atoms with Gasteiger partial charge in [-0.1, -0.05) is 91.0 Å². The SMILES string of the molecule is Cc1ccc2c3ccc(C)cc3n(-c3ccc(-c4cc(C(F)(F)F)cc(C(F)(F)F)c4)c(-c4nc(-c5ccccc5)nc(-c5ccccc5)n4)c3)c2c1. The lowest BCUT2D eigenvalue weighted by Crippen LogP contribution is -2.11. The van der Waals surface area contributed by atoms with Crippen molar-refractivity contribution in [1.29, 1.82) is 0 Å². The zero-order valence-electron chi connectivity index (χ0n) is 28.3. The molecular weight excluding hydrogens is 686 g/mol. The number of benzene rings is 6. The Kier molecular flexibility index (Phi) is 8.13. The van der Waals surface area contributed by atoms with Gasteiger partial charge in [0.2, 0.25) is 0 Å². The number of hydrogen-bond acceptors (Lipinski definition) is 3. The van der Waals surface area contributed by atoms with Crippen molar-refractivity contribution in [3.05, 3.63) is 156 Å². The van der Waals surface area contributed by atoms with Gasteiger partial charge in [0.1, 0.15) is 0 Å². The molecule has 0 aliphatic rings. The molecule has 0 N–H and O–H groups in total. The smallest absolute Gasteiger partial charge is 0.309 e. The Bertz CT molecular complexity index is 2510. The van der Waals surface area contributed by atoms with E-state index in [1.807, 2.05) is 115 Å². The summed E-state index contributed by atoms with van der Waals surface area (Å²) >= 11 is 0. The second-order valence-electron chi connectivity index (χ2n) is 12.9. The van der Waals surface area contributed by atoms with Crippen molar-refractivity contribution in [1.82, 2.24) is 19.5 Å². The number of halogens is 6. The molecule has 8 rings (SSSR count). The minimum Gasteiger partial charge on any atom is -0.309 e. The second kappa shape index (κ2) is 12.7. The fourth-order valence-electron chi connectivity index (χ4n) is 6.66. The van der Waals surface area contributed by atoms with Gasteiger partial charge in [-0.25, -0.2) is 15.0 Å². The Hall–Kier alpha value is -6.29. The summed E-state index contributed by atoms with van der Waals surface area (Å²) in [5.41, 5.74) is 2.89. The minimum atomic E-state index is -5.04. The Morgan fingerprint density at radius 2 is 0.906 bits per heavy atom. The summed E-state index contributed by atoms with van der Waals surface area (Å²) in [5, 5.41) is 1.98. The van der Waals surface area contributed by atoms with Crippen molar-refractivity contribution < 1.29 is 26.3 Å². The number of hydrogen-bond donors (Lipinski definition) is 0. The summed E-state index contributed by atoms with van der Waals surface area (Å²) in [5.74, 6) is 0.650. The van der Waals surface area contributed by atoms with E-state index < -0.39 is 23.5 Å². The van der Waals surface area contributed by atoms with Crippen LogP contribution in [0, 0.1) is 13.8 Å². The van der Waals surface area contributed by atoms with E-state index >= 15 is 0 Å². The predicted molar refractivity (Wildman–Crippen MR) is 195 cm³/mol. The van der Waals surface area contributed by atoms with Gasteiger partial charge in [-0.2, -0.15) is 26.3 Å². The van der Waals surface area contributed by atoms with Gasteiger partial charge in [0.25, 0.3) is 0 Å². The van der Waals surface area contributed by atoms with Gasteiger partial charge in [0.05, 0.1) is 22.2 Å². The van der Waals surface area contributed by atoms with Crippen molar-refractivity contribution in [2.75, 3.05) is 0 Å². The first-order valence-corrected chi connectivity index (χ1v) is 16.7. The molecule has 6 aromatic carbocycles. The van der Waals surface area contributed by atoms with Crippen LogP contribution in [-0.4, -0.2) is 19.5 Å². The van der Waals surface area contributed by atoms with E-state index in [4.69, 9.17) is 15.0 Å². The third-order valence-electron chi connectivity index (χ3n) is 9.18. The number of aryl methyl sites for hydroxylation is 2. The van der Waals surface area contributed by atoms with Crippen LogP contribution in [0.5, 0.6) is 0 Å². The number of aromatic nitrogens is 4. The van der Waals surface area contributed by atoms with Crippen LogP contribution in [0.2, 0.25) is 0 Å². The van der Waals surface area contributed by atoms with Gasteiger partial charge in [-0.15, -0.1) is 0 Å². The van der Waals surface area contributed by atoms with Gasteiger partial charge >= 0.3 is 12.4 Å². The number of alkyl halides is 6. The monoisotopic (exact) mass is 714 g/mol. The third-order valence-corrected chi connectivity index (χ3v) is 9.18. The first kappa shape index (κ1) is 33.8. The van der Waals surface area contributed by atoms with E-state index in [9.17, 15) is 26.3 Å². The molecule has 262 valence electrons. The molecule has 0 unspecified atom stereocenters. The van der Waals surface area contributed by atoms with Gasteiger partial charge in [-0.3, -0.25) is 0 Å². The lowest BCUT2D eigenvalue weighted by Gasteiger charge is -2.18. The predicted octanol–water partition coefficient (Wildman–Crippen LogP) is 12.3. The molecule has 2 aromatic heterocycles. The summed E-state index contributed by atoms with van der Waals surface area (Å²) in [6, 6.07) is 37.0. The largest absolute Gasteiger partial charge is 0.416 e. The van der Waals surface area contributed by atoms with E-state index in [1.54, 1.807) is 12.1 Å². The first-order valence-electron chi connectivity index (χ1n) is 16.7. The summed E-state index contributed by atoms with van der Waals surface area (Å²) in [6.07, 6.45) is -10.1. The average molecular weight is 715 g/mol. The standard InChI is InChI=1S/C43H28F6N4/c1-25-13-16-34-35-17-14-26(2)20-38(35)53(37(34)19-25)32-15-18-33(29-21-30(42(44,45)46)23-31(22-29)43(47,48)49)36(24-32)41-51-39(27-9-5-3-6-10-27)50-40(52-41)28-11-7-4-8-12-28/h3-24H,1-2H3. The Morgan fingerprint density at radius 3 is 1.38 bits per heavy atom. The van der Waals surface area contributed by atoms with E-state index in [-0.39, 0.29) is 40.2 Å². The molecular formula is C43H28F6N4. The number of nitrogens with zero attached hydrogens (tertiary/aromatic N) is 4. The highest BCUT2D eigenvalue weighted by molar-refractivity contribution is 6.09. The van der Waals surface area contributed by atoms with E-state index in [2.05, 4.69) is 0 Å². The van der Waals surface area contributed by atoms with Crippen LogP contribution in [0.15, 0.2) is 133 Å². The van der Waals surface area contributed by atoms with Crippen LogP contribution in [0.1, 0.15) is 22.3 Å². The van der Waals surface area contributed by atoms with Gasteiger partial charge < -0.3 is 4.57 Å². The minimum absolute atomic E-state index is 0.0775. The summed E-state index contributed by atoms with van der Waals surface area (Å²) in [4.78, 5) is 14.4. The first-order chi connectivity index (χ1) is 25.3. The maximum absolute atomic E-state index is 14.2. The van der Waals surface area contributed by atoms with E-state index in [0.29, 0.717) is 16.8 Å². The fraction of sp³-hybridized carbons (Fsp3) is 0.0930. The topological polar surface area (TPSA) is 43.6 Å². The summed E-state index contributed by atoms with van der Waals surface area (Å²) in [6.45, 7) is 3.96. The molecule has 4 nitrogen and oxygen atoms in total. The average Bonchev–Trinajstić information content (AvgIpc) is 3.46. The maximum atomic E-state index is 14.2. The molecule has 0 spiro atoms. The molecule has 0 radical (unpaired) electrons. The molecule has 0 aliphatic heterocycles. The quantitative estimate of drug-likeness (QED) is 0.167. The molecule has 0 saturated heterocycles. The number of fused-ring (bicyclic) bond motifs is 3. The number of rotatable bonds is 5. The zero-order chi connectivity index (χ0) is 37.1. The van der Waals surface area contributed by atoms with Crippen molar-refractivity contribution in [2.24, 2.45) is 0 Å². The van der Waals surface area contributed by atoms with Crippen LogP contribution in [-0.2, 0) is 12.4 Å². The molecule has 2 heterocycles. The third kappa shape index (κ3) is 6.41. The van der Waals surface area contributed by atoms with Crippen LogP contribution < -0.4 is 0 Å². The van der Waals surface area contributed by atoms with Crippen LogP contribution in [0.4, 0.5) is 26.3 Å². The van der Waals surface area contributed by atoms with Gasteiger partial charge in [0, 0.05) is 33.2 Å². The summed E-state index contributed by atoms with van der Waals surface area (Å²) in [7, 11) is 0. The van der Waals surface area contributed by atoms with Gasteiger partial charge in [0.15, 0.2) is 17.5 Å². The normalized spacial score (nSPS) is 12.2. The molecule has 0 amide bonds. The van der Waals surface area contributed by atoms with Crippen LogP contribution in [0.25, 0.3) is 72.8 Å². The maximum Gasteiger partial charge on any atom is 0.416 e. The van der Waals surface area contributed by atoms with Crippen molar-refractivity contribution >= 4 is 21.8 Å². The molecule has 10 heteroatoms. The highest BCUT2D eigenvalue weighted by Gasteiger charge is 2.37. The fourth-order valence-corrected chi connectivity index (χ4v) is 6.66. The van der Waals surface area contributed by atoms with Crippen molar-refractivity contribution in [3.63, 3.8) is 0 Å². The van der Waals surface area contributed by atoms with Gasteiger partial charge in [-0.05, 0) is 78.6 Å². The van der Waals surface area contributed by atoms with Crippen LogP contribution >= 0.6 is 0 Å². The molecule has 0 fully saturated rings. The molecule has 0 atom stereocenters. The Balaban J connectivity index is 1.47. The molecule has 0 bridgehead atoms. The molecule has 53 heavy (non-hydrogen) atoms. The highest BCUT2D eigenvalue weighted by atomic mass is 19.4. The lowest BCUT2D eigenvalue weighted by molar-refractivity contribution is -0.143. The Morgan fingerprint density at radius 1 is 0.434 bits per heavy atom. The lowest BCUT2D eigenvalue weighted by atomic mass is 9.94. The van der Waals surface area contributed by atoms with E-state index in [1.165, 1.54) is 6.07 Å². The van der Waals surface area contributed by atoms with E-state index in [0.717, 1.165) is 45.1 Å². The molecule has 8 aromatic rings. The molecule has 0 saturated carbocycles. The van der Waals surface area contributed by atoms with Crippen LogP contribution in [0.3, 0.4) is 0 Å².